The van der Waals surface area contributed by atoms with E-state index in [2.05, 4.69) is 15.4 Å². The Bertz CT molecular complexity index is 955. The highest BCUT2D eigenvalue weighted by atomic mass is 35.5. The van der Waals surface area contributed by atoms with Gasteiger partial charge in [-0.1, -0.05) is 22.7 Å². The van der Waals surface area contributed by atoms with Gasteiger partial charge in [0.05, 0.1) is 5.71 Å². The SMILES string of the molecule is CC1=NN(CCNc2cccc(Cl)c2)C2=[N+](C1)C1C(=O)N(C)C(=O)N(C)C1=N2. The van der Waals surface area contributed by atoms with E-state index in [0.29, 0.717) is 36.5 Å². The zero-order valence-electron chi connectivity index (χ0n) is 15.9. The monoisotopic (exact) mass is 402 g/mol. The average molecular weight is 403 g/mol. The topological polar surface area (TPSA) is 83.6 Å². The van der Waals surface area contributed by atoms with Gasteiger partial charge in [0, 0.05) is 31.4 Å². The van der Waals surface area contributed by atoms with E-state index >= 15 is 0 Å². The molecule has 1 aromatic carbocycles. The summed E-state index contributed by atoms with van der Waals surface area (Å²) in [5.41, 5.74) is 1.79. The molecular weight excluding hydrogens is 382 g/mol. The van der Waals surface area contributed by atoms with Gasteiger partial charge in [-0.2, -0.15) is 0 Å². The quantitative estimate of drug-likeness (QED) is 0.765. The van der Waals surface area contributed by atoms with Crippen molar-refractivity contribution >= 4 is 46.7 Å². The van der Waals surface area contributed by atoms with Gasteiger partial charge in [0.2, 0.25) is 11.9 Å². The van der Waals surface area contributed by atoms with E-state index in [1.807, 2.05) is 35.8 Å². The molecule has 1 fully saturated rings. The van der Waals surface area contributed by atoms with E-state index in [0.717, 1.165) is 16.3 Å². The number of benzene rings is 1. The van der Waals surface area contributed by atoms with E-state index in [9.17, 15) is 9.59 Å². The fourth-order valence-corrected chi connectivity index (χ4v) is 3.73. The number of guanidine groups is 1. The Morgan fingerprint density at radius 3 is 2.82 bits per heavy atom. The highest BCUT2D eigenvalue weighted by molar-refractivity contribution is 6.30. The second kappa shape index (κ2) is 6.90. The van der Waals surface area contributed by atoms with Crippen LogP contribution in [0.4, 0.5) is 10.5 Å². The predicted molar refractivity (Wildman–Crippen MR) is 107 cm³/mol. The van der Waals surface area contributed by atoms with E-state index in [4.69, 9.17) is 11.6 Å². The lowest BCUT2D eigenvalue weighted by Gasteiger charge is -2.32. The van der Waals surface area contributed by atoms with Crippen molar-refractivity contribution < 1.29 is 14.2 Å². The van der Waals surface area contributed by atoms with Gasteiger partial charge in [-0.3, -0.25) is 14.6 Å². The molecular formula is C18H21ClN7O2+. The molecule has 0 aromatic heterocycles. The van der Waals surface area contributed by atoms with Crippen molar-refractivity contribution in [1.82, 2.24) is 14.8 Å². The van der Waals surface area contributed by atoms with Crippen LogP contribution < -0.4 is 5.32 Å². The molecule has 0 bridgehead atoms. The molecule has 3 heterocycles. The number of nitrogens with zero attached hydrogens (tertiary/aromatic N) is 6. The Morgan fingerprint density at radius 1 is 1.29 bits per heavy atom. The number of rotatable bonds is 4. The van der Waals surface area contributed by atoms with Gasteiger partial charge in [0.15, 0.2) is 0 Å². The number of halogens is 1. The minimum atomic E-state index is -0.600. The van der Waals surface area contributed by atoms with Crippen LogP contribution in [0.25, 0.3) is 0 Å². The molecule has 0 radical (unpaired) electrons. The number of hydrazone groups is 1. The molecule has 1 unspecified atom stereocenters. The lowest BCUT2D eigenvalue weighted by molar-refractivity contribution is -0.527. The number of carbonyl (C=O) groups excluding carboxylic acids is 2. The van der Waals surface area contributed by atoms with Crippen molar-refractivity contribution in [3.63, 3.8) is 0 Å². The van der Waals surface area contributed by atoms with Gasteiger partial charge >= 0.3 is 12.0 Å². The van der Waals surface area contributed by atoms with Gasteiger partial charge in [-0.15, -0.1) is 10.1 Å². The Hall–Kier alpha value is -2.94. The van der Waals surface area contributed by atoms with Gasteiger partial charge in [0.1, 0.15) is 13.1 Å². The molecule has 3 aliphatic rings. The number of carbonyl (C=O) groups is 2. The van der Waals surface area contributed by atoms with Crippen LogP contribution in [-0.2, 0) is 4.79 Å². The van der Waals surface area contributed by atoms with Crippen molar-refractivity contribution in [2.24, 2.45) is 10.1 Å². The second-order valence-corrected chi connectivity index (χ2v) is 7.37. The predicted octanol–water partition coefficient (Wildman–Crippen LogP) is 1.12. The molecule has 0 spiro atoms. The molecule has 3 amide bonds. The van der Waals surface area contributed by atoms with E-state index < -0.39 is 6.04 Å². The van der Waals surface area contributed by atoms with Gasteiger partial charge in [-0.25, -0.2) is 9.37 Å². The average Bonchev–Trinajstić information content (AvgIpc) is 3.04. The highest BCUT2D eigenvalue weighted by Gasteiger charge is 2.53. The molecule has 9 nitrogen and oxygen atoms in total. The maximum Gasteiger partial charge on any atom is 0.416 e. The summed E-state index contributed by atoms with van der Waals surface area (Å²) in [6.07, 6.45) is 0. The van der Waals surface area contributed by atoms with Crippen LogP contribution >= 0.6 is 11.6 Å². The number of anilines is 1. The number of fused-ring (bicyclic) bond motifs is 2. The van der Waals surface area contributed by atoms with E-state index in [1.54, 1.807) is 12.1 Å². The lowest BCUT2D eigenvalue weighted by atomic mass is 10.1. The van der Waals surface area contributed by atoms with Gasteiger partial charge < -0.3 is 5.32 Å². The van der Waals surface area contributed by atoms with Crippen molar-refractivity contribution in [1.29, 1.82) is 0 Å². The summed E-state index contributed by atoms with van der Waals surface area (Å²) >= 11 is 6.02. The standard InChI is InChI=1S/C18H21ClN7O2/c1-11-10-25-14-15(23(2)18(28)24(3)16(14)27)21-17(25)26(22-11)8-7-20-13-6-4-5-12(19)9-13/h4-6,9,14,20H,7-8,10H2,1-3H3/q+1. The van der Waals surface area contributed by atoms with Crippen molar-refractivity contribution in [2.45, 2.75) is 13.0 Å². The molecule has 146 valence electrons. The molecule has 4 rings (SSSR count). The summed E-state index contributed by atoms with van der Waals surface area (Å²) < 4.78 is 1.90. The molecule has 28 heavy (non-hydrogen) atoms. The third-order valence-electron chi connectivity index (χ3n) is 4.91. The van der Waals surface area contributed by atoms with Crippen LogP contribution in [0.3, 0.4) is 0 Å². The number of nitrogens with one attached hydrogen (secondary N) is 1. The van der Waals surface area contributed by atoms with Gasteiger partial charge in [0.25, 0.3) is 5.91 Å². The minimum absolute atomic E-state index is 0.274. The largest absolute Gasteiger partial charge is 0.416 e. The number of urea groups is 1. The Labute approximate surface area is 167 Å². The summed E-state index contributed by atoms with van der Waals surface area (Å²) in [5, 5.41) is 10.3. The van der Waals surface area contributed by atoms with Crippen LogP contribution in [0.1, 0.15) is 6.92 Å². The van der Waals surface area contributed by atoms with Crippen LogP contribution in [0.15, 0.2) is 34.4 Å². The lowest BCUT2D eigenvalue weighted by Crippen LogP contribution is -2.62. The van der Waals surface area contributed by atoms with Crippen molar-refractivity contribution in [3.05, 3.63) is 29.3 Å². The number of likely N-dealkylation sites (N-methyl/N-ethyl adjacent to an activating group) is 2. The molecule has 1 N–H and O–H groups in total. The molecule has 1 saturated heterocycles. The Kier molecular flexibility index (Phi) is 4.54. The Balaban J connectivity index is 1.55. The fourth-order valence-electron chi connectivity index (χ4n) is 3.54. The number of amides is 3. The second-order valence-electron chi connectivity index (χ2n) is 6.93. The van der Waals surface area contributed by atoms with Crippen LogP contribution in [0, 0.1) is 0 Å². The number of hydrogen-bond donors (Lipinski definition) is 1. The first kappa shape index (κ1) is 18.4. The third kappa shape index (κ3) is 3.01. The number of hydrogen-bond acceptors (Lipinski definition) is 6. The van der Waals surface area contributed by atoms with Crippen LogP contribution in [0.5, 0.6) is 0 Å². The first-order chi connectivity index (χ1) is 13.4. The molecule has 1 atom stereocenters. The summed E-state index contributed by atoms with van der Waals surface area (Å²) in [4.78, 5) is 32.1. The molecule has 10 heteroatoms. The minimum Gasteiger partial charge on any atom is -0.382 e. The Morgan fingerprint density at radius 2 is 2.07 bits per heavy atom. The molecule has 1 aromatic rings. The highest BCUT2D eigenvalue weighted by Crippen LogP contribution is 2.22. The molecule has 3 aliphatic heterocycles. The summed E-state index contributed by atoms with van der Waals surface area (Å²) in [6, 6.07) is 6.51. The van der Waals surface area contributed by atoms with Crippen LogP contribution in [0.2, 0.25) is 5.02 Å². The van der Waals surface area contributed by atoms with Gasteiger partial charge in [-0.05, 0) is 25.1 Å². The maximum absolute atomic E-state index is 12.7. The smallest absolute Gasteiger partial charge is 0.382 e. The number of amidine groups is 1. The first-order valence-electron chi connectivity index (χ1n) is 8.95. The first-order valence-corrected chi connectivity index (χ1v) is 9.33. The van der Waals surface area contributed by atoms with E-state index in [-0.39, 0.29) is 11.9 Å². The zero-order valence-corrected chi connectivity index (χ0v) is 16.6. The molecule has 0 saturated carbocycles. The summed E-state index contributed by atoms with van der Waals surface area (Å²) in [7, 11) is 3.13. The molecule has 0 aliphatic carbocycles. The summed E-state index contributed by atoms with van der Waals surface area (Å²) in [6.45, 7) is 3.55. The number of aliphatic imine (C=N–C) groups is 1. The van der Waals surface area contributed by atoms with Crippen LogP contribution in [-0.4, -0.2) is 88.6 Å². The fraction of sp³-hybridized carbons (Fsp3) is 0.389. The number of imide groups is 1. The van der Waals surface area contributed by atoms with Crippen molar-refractivity contribution in [3.8, 4) is 0 Å². The maximum atomic E-state index is 12.7. The summed E-state index contributed by atoms with van der Waals surface area (Å²) in [5.74, 6) is 0.756. The third-order valence-corrected chi connectivity index (χ3v) is 5.14. The zero-order chi connectivity index (χ0) is 20.0. The van der Waals surface area contributed by atoms with E-state index in [1.165, 1.54) is 11.9 Å². The van der Waals surface area contributed by atoms with Crippen molar-refractivity contribution in [2.75, 3.05) is 39.0 Å². The normalized spacial score (nSPS) is 21.6.